The SMILES string of the molecule is CCCCCCCCC=CCCCCCCCC(=O)OCCCCCCCCCC.CCCCCCCCCCCCCCCCC(C)O. The topological polar surface area (TPSA) is 46.5 Å². The minimum Gasteiger partial charge on any atom is -0.466 e. The maximum atomic E-state index is 11.8. The Bertz CT molecular complexity index is 613. The zero-order valence-corrected chi connectivity index (χ0v) is 34.4. The first-order chi connectivity index (χ1) is 24.1. The summed E-state index contributed by atoms with van der Waals surface area (Å²) in [5.41, 5.74) is 0. The lowest BCUT2D eigenvalue weighted by atomic mass is 10.0. The molecule has 0 rings (SSSR count). The highest BCUT2D eigenvalue weighted by Gasteiger charge is 2.02. The molecule has 294 valence electrons. The fourth-order valence-corrected chi connectivity index (χ4v) is 6.47. The predicted octanol–water partition coefficient (Wildman–Crippen LogP) is 15.9. The van der Waals surface area contributed by atoms with E-state index in [-0.39, 0.29) is 12.1 Å². The number of hydrogen-bond acceptors (Lipinski definition) is 3. The summed E-state index contributed by atoms with van der Waals surface area (Å²) in [5.74, 6) is 0.00979. The van der Waals surface area contributed by atoms with Gasteiger partial charge in [-0.2, -0.15) is 0 Å². The van der Waals surface area contributed by atoms with Gasteiger partial charge in [0, 0.05) is 6.42 Å². The number of allylic oxidation sites excluding steroid dienone is 2. The Morgan fingerprint density at radius 2 is 0.755 bits per heavy atom. The Morgan fingerprint density at radius 1 is 0.449 bits per heavy atom. The van der Waals surface area contributed by atoms with Crippen LogP contribution in [0.25, 0.3) is 0 Å². The van der Waals surface area contributed by atoms with Crippen molar-refractivity contribution < 1.29 is 14.6 Å². The van der Waals surface area contributed by atoms with Crippen LogP contribution < -0.4 is 0 Å². The second-order valence-electron chi connectivity index (χ2n) is 15.3. The number of ether oxygens (including phenoxy) is 1. The van der Waals surface area contributed by atoms with Crippen LogP contribution in [0.1, 0.15) is 265 Å². The largest absolute Gasteiger partial charge is 0.466 e. The Labute approximate surface area is 310 Å². The number of hydrogen-bond donors (Lipinski definition) is 1. The number of aliphatic hydroxyl groups excluding tert-OH is 1. The molecule has 3 heteroatoms. The van der Waals surface area contributed by atoms with Gasteiger partial charge in [-0.1, -0.05) is 219 Å². The molecule has 0 aromatic carbocycles. The van der Waals surface area contributed by atoms with Gasteiger partial charge >= 0.3 is 5.97 Å². The minimum atomic E-state index is -0.0997. The number of carbonyl (C=O) groups excluding carboxylic acids is 1. The van der Waals surface area contributed by atoms with E-state index in [0.29, 0.717) is 13.0 Å². The molecule has 0 aliphatic heterocycles. The highest BCUT2D eigenvalue weighted by Crippen LogP contribution is 2.14. The van der Waals surface area contributed by atoms with Crippen molar-refractivity contribution in [1.29, 1.82) is 0 Å². The lowest BCUT2D eigenvalue weighted by molar-refractivity contribution is -0.143. The molecule has 0 aromatic heterocycles. The molecule has 0 radical (unpaired) electrons. The summed E-state index contributed by atoms with van der Waals surface area (Å²) >= 11 is 0. The summed E-state index contributed by atoms with van der Waals surface area (Å²) < 4.78 is 5.36. The van der Waals surface area contributed by atoms with Gasteiger partial charge < -0.3 is 9.84 Å². The van der Waals surface area contributed by atoms with E-state index in [1.54, 1.807) is 0 Å². The van der Waals surface area contributed by atoms with Gasteiger partial charge in [0.2, 0.25) is 0 Å². The van der Waals surface area contributed by atoms with Crippen LogP contribution in [0.3, 0.4) is 0 Å². The normalized spacial score (nSPS) is 11.9. The molecule has 0 saturated carbocycles. The van der Waals surface area contributed by atoms with E-state index in [1.165, 1.54) is 205 Å². The van der Waals surface area contributed by atoms with Gasteiger partial charge in [-0.3, -0.25) is 4.79 Å². The number of esters is 1. The monoisotopic (exact) mass is 693 g/mol. The third-order valence-electron chi connectivity index (χ3n) is 9.88. The third kappa shape index (κ3) is 51.6. The molecule has 0 saturated heterocycles. The average Bonchev–Trinajstić information content (AvgIpc) is 3.09. The zero-order chi connectivity index (χ0) is 36.1. The molecule has 0 bridgehead atoms. The minimum absolute atomic E-state index is 0.00979. The van der Waals surface area contributed by atoms with Crippen LogP contribution in [0.2, 0.25) is 0 Å². The smallest absolute Gasteiger partial charge is 0.305 e. The van der Waals surface area contributed by atoms with Gasteiger partial charge in [0.25, 0.3) is 0 Å². The van der Waals surface area contributed by atoms with E-state index in [4.69, 9.17) is 9.84 Å². The van der Waals surface area contributed by atoms with Gasteiger partial charge in [0.05, 0.1) is 12.7 Å². The summed E-state index contributed by atoms with van der Waals surface area (Å²) in [6.07, 6.45) is 52.9. The predicted molar refractivity (Wildman–Crippen MR) is 220 cm³/mol. The van der Waals surface area contributed by atoms with Gasteiger partial charge in [0.1, 0.15) is 0 Å². The summed E-state index contributed by atoms with van der Waals surface area (Å²) in [5, 5.41) is 9.14. The number of unbranched alkanes of at least 4 members (excludes halogenated alkanes) is 31. The molecule has 1 N–H and O–H groups in total. The molecular formula is C46H92O3. The van der Waals surface area contributed by atoms with Crippen LogP contribution in [0.15, 0.2) is 12.2 Å². The Hall–Kier alpha value is -0.830. The molecule has 49 heavy (non-hydrogen) atoms. The molecule has 0 spiro atoms. The fourth-order valence-electron chi connectivity index (χ4n) is 6.47. The first kappa shape index (κ1) is 50.3. The van der Waals surface area contributed by atoms with Crippen molar-refractivity contribution in [3.63, 3.8) is 0 Å². The van der Waals surface area contributed by atoms with Crippen LogP contribution in [0.5, 0.6) is 0 Å². The third-order valence-corrected chi connectivity index (χ3v) is 9.88. The molecule has 0 aromatic rings. The Balaban J connectivity index is 0. The van der Waals surface area contributed by atoms with Crippen molar-refractivity contribution in [2.24, 2.45) is 0 Å². The lowest BCUT2D eigenvalue weighted by Gasteiger charge is -2.05. The van der Waals surface area contributed by atoms with E-state index < -0.39 is 0 Å². The molecule has 0 aliphatic carbocycles. The fraction of sp³-hybridized carbons (Fsp3) is 0.935. The lowest BCUT2D eigenvalue weighted by Crippen LogP contribution is -2.05. The molecule has 0 amide bonds. The van der Waals surface area contributed by atoms with Gasteiger partial charge in [-0.25, -0.2) is 0 Å². The van der Waals surface area contributed by atoms with Crippen LogP contribution in [-0.2, 0) is 9.53 Å². The van der Waals surface area contributed by atoms with Crippen LogP contribution >= 0.6 is 0 Å². The summed E-state index contributed by atoms with van der Waals surface area (Å²) in [6.45, 7) is 9.33. The first-order valence-electron chi connectivity index (χ1n) is 22.6. The molecule has 3 nitrogen and oxygen atoms in total. The second kappa shape index (κ2) is 47.2. The number of carbonyl (C=O) groups is 1. The van der Waals surface area contributed by atoms with Crippen LogP contribution in [0, 0.1) is 0 Å². The standard InChI is InChI=1S/C28H54O2.C18H38O/c1-3-5-7-9-11-13-14-15-16-17-18-19-20-22-24-26-28(29)30-27-25-23-21-12-10-8-6-4-2;1-3-4-5-6-7-8-9-10-11-12-13-14-15-16-17-18(2)19/h15-16H,3-14,17-27H2,1-2H3;18-19H,3-17H2,1-2H3. The van der Waals surface area contributed by atoms with Crippen molar-refractivity contribution in [2.45, 2.75) is 271 Å². The van der Waals surface area contributed by atoms with E-state index in [9.17, 15) is 4.79 Å². The summed E-state index contributed by atoms with van der Waals surface area (Å²) in [7, 11) is 0. The first-order valence-corrected chi connectivity index (χ1v) is 22.6. The quantitative estimate of drug-likeness (QED) is 0.0396. The molecule has 0 heterocycles. The van der Waals surface area contributed by atoms with Crippen molar-refractivity contribution in [1.82, 2.24) is 0 Å². The Morgan fingerprint density at radius 3 is 1.12 bits per heavy atom. The molecule has 0 fully saturated rings. The second-order valence-corrected chi connectivity index (χ2v) is 15.3. The maximum absolute atomic E-state index is 11.8. The number of aliphatic hydroxyl groups is 1. The average molecular weight is 693 g/mol. The molecule has 1 atom stereocenters. The van der Waals surface area contributed by atoms with E-state index in [0.717, 1.165) is 25.7 Å². The summed E-state index contributed by atoms with van der Waals surface area (Å²) in [6, 6.07) is 0. The van der Waals surface area contributed by atoms with E-state index in [2.05, 4.69) is 32.9 Å². The van der Waals surface area contributed by atoms with Gasteiger partial charge in [0.15, 0.2) is 0 Å². The Kier molecular flexibility index (Phi) is 48.4. The molecular weight excluding hydrogens is 601 g/mol. The van der Waals surface area contributed by atoms with Gasteiger partial charge in [-0.15, -0.1) is 0 Å². The van der Waals surface area contributed by atoms with Crippen molar-refractivity contribution in [3.05, 3.63) is 12.2 Å². The van der Waals surface area contributed by atoms with E-state index >= 15 is 0 Å². The number of rotatable bonds is 39. The van der Waals surface area contributed by atoms with Crippen LogP contribution in [0.4, 0.5) is 0 Å². The molecule has 0 aliphatic rings. The highest BCUT2D eigenvalue weighted by molar-refractivity contribution is 5.69. The van der Waals surface area contributed by atoms with Crippen molar-refractivity contribution in [3.8, 4) is 0 Å². The maximum Gasteiger partial charge on any atom is 0.305 e. The van der Waals surface area contributed by atoms with Crippen molar-refractivity contribution >= 4 is 5.97 Å². The van der Waals surface area contributed by atoms with Crippen molar-refractivity contribution in [2.75, 3.05) is 6.61 Å². The zero-order valence-electron chi connectivity index (χ0n) is 34.4. The summed E-state index contributed by atoms with van der Waals surface area (Å²) in [4.78, 5) is 11.8. The van der Waals surface area contributed by atoms with Crippen LogP contribution in [-0.4, -0.2) is 23.8 Å². The van der Waals surface area contributed by atoms with Gasteiger partial charge in [-0.05, 0) is 51.9 Å². The highest BCUT2D eigenvalue weighted by atomic mass is 16.5. The molecule has 1 unspecified atom stereocenters. The van der Waals surface area contributed by atoms with E-state index in [1.807, 2.05) is 6.92 Å².